The lowest BCUT2D eigenvalue weighted by molar-refractivity contribution is -0.118. The lowest BCUT2D eigenvalue weighted by atomic mass is 9.85. The van der Waals surface area contributed by atoms with E-state index in [1.165, 1.54) is 5.57 Å². The van der Waals surface area contributed by atoms with Crippen LogP contribution in [0.25, 0.3) is 5.57 Å². The molecule has 8 heteroatoms. The molecular weight excluding hydrogens is 494 g/mol. The zero-order valence-electron chi connectivity index (χ0n) is 23.5. The molecule has 0 saturated heterocycles. The average Bonchev–Trinajstić information content (AvgIpc) is 2.90. The fraction of sp³-hybridized carbons (Fsp3) is 0.452. The molecular formula is C31H39N3O5. The second-order valence-electron chi connectivity index (χ2n) is 11.5. The first kappa shape index (κ1) is 28.4. The smallest absolute Gasteiger partial charge is 0.410 e. The van der Waals surface area contributed by atoms with Gasteiger partial charge in [0.2, 0.25) is 5.91 Å². The number of hydrogen-bond acceptors (Lipinski definition) is 6. The fourth-order valence-corrected chi connectivity index (χ4v) is 4.78. The van der Waals surface area contributed by atoms with Gasteiger partial charge >= 0.3 is 12.1 Å². The van der Waals surface area contributed by atoms with Gasteiger partial charge in [0.1, 0.15) is 11.6 Å². The molecule has 8 nitrogen and oxygen atoms in total. The van der Waals surface area contributed by atoms with Crippen molar-refractivity contribution in [2.24, 2.45) is 5.92 Å². The summed E-state index contributed by atoms with van der Waals surface area (Å²) in [6.45, 7) is 11.7. The highest BCUT2D eigenvalue weighted by molar-refractivity contribution is 5.97. The first-order valence-corrected chi connectivity index (χ1v) is 13.6. The van der Waals surface area contributed by atoms with Gasteiger partial charge in [0, 0.05) is 25.3 Å². The normalized spacial score (nSPS) is 17.2. The highest BCUT2D eigenvalue weighted by Crippen LogP contribution is 2.33. The van der Waals surface area contributed by atoms with Gasteiger partial charge in [0.25, 0.3) is 0 Å². The summed E-state index contributed by atoms with van der Waals surface area (Å²) in [5.74, 6) is -0.264. The van der Waals surface area contributed by atoms with Crippen LogP contribution in [0.5, 0.6) is 0 Å². The second kappa shape index (κ2) is 12.0. The van der Waals surface area contributed by atoms with Crippen LogP contribution in [-0.2, 0) is 20.7 Å². The summed E-state index contributed by atoms with van der Waals surface area (Å²) in [5, 5.41) is 6.33. The van der Waals surface area contributed by atoms with Crippen molar-refractivity contribution in [1.29, 1.82) is 0 Å². The third-order valence-electron chi connectivity index (χ3n) is 6.65. The molecule has 0 spiro atoms. The van der Waals surface area contributed by atoms with E-state index in [9.17, 15) is 14.4 Å². The number of benzene rings is 2. The Balaban J connectivity index is 1.44. The van der Waals surface area contributed by atoms with Crippen LogP contribution in [-0.4, -0.2) is 54.7 Å². The number of nitrogens with zero attached hydrogens (tertiary/aromatic N) is 1. The maximum absolute atomic E-state index is 13.3. The van der Waals surface area contributed by atoms with E-state index in [1.807, 2.05) is 46.8 Å². The molecule has 2 aromatic carbocycles. The number of carbonyl (C=O) groups is 3. The minimum absolute atomic E-state index is 0.156. The number of carbonyl (C=O) groups excluding carboxylic acids is 3. The lowest BCUT2D eigenvalue weighted by Gasteiger charge is -2.32. The van der Waals surface area contributed by atoms with Crippen molar-refractivity contribution in [1.82, 2.24) is 10.2 Å². The molecule has 39 heavy (non-hydrogen) atoms. The first-order valence-electron chi connectivity index (χ1n) is 13.6. The molecule has 1 unspecified atom stereocenters. The van der Waals surface area contributed by atoms with E-state index in [0.29, 0.717) is 37.5 Å². The molecule has 0 saturated carbocycles. The predicted molar refractivity (Wildman–Crippen MR) is 151 cm³/mol. The predicted octanol–water partition coefficient (Wildman–Crippen LogP) is 5.35. The Hall–Kier alpha value is -3.65. The van der Waals surface area contributed by atoms with Crippen molar-refractivity contribution < 1.29 is 23.9 Å². The Kier molecular flexibility index (Phi) is 8.75. The molecule has 1 atom stereocenters. The summed E-state index contributed by atoms with van der Waals surface area (Å²) in [5.41, 5.74) is 4.99. The van der Waals surface area contributed by atoms with Gasteiger partial charge in [0.15, 0.2) is 0 Å². The summed E-state index contributed by atoms with van der Waals surface area (Å²) in [7, 11) is 0. The second-order valence-corrected chi connectivity index (χ2v) is 11.5. The van der Waals surface area contributed by atoms with E-state index in [4.69, 9.17) is 9.47 Å². The van der Waals surface area contributed by atoms with Gasteiger partial charge in [-0.25, -0.2) is 9.59 Å². The first-order chi connectivity index (χ1) is 18.5. The Morgan fingerprint density at radius 2 is 1.82 bits per heavy atom. The largest absolute Gasteiger partial charge is 0.462 e. The number of rotatable bonds is 6. The van der Waals surface area contributed by atoms with Crippen LogP contribution in [0.4, 0.5) is 10.5 Å². The molecule has 208 valence electrons. The Morgan fingerprint density at radius 3 is 2.46 bits per heavy atom. The van der Waals surface area contributed by atoms with Gasteiger partial charge in [-0.15, -0.1) is 0 Å². The summed E-state index contributed by atoms with van der Waals surface area (Å²) < 4.78 is 10.8. The molecule has 2 amide bonds. The number of esters is 1. The molecule has 0 bridgehead atoms. The van der Waals surface area contributed by atoms with Crippen molar-refractivity contribution >= 4 is 29.2 Å². The van der Waals surface area contributed by atoms with E-state index in [1.54, 1.807) is 29.2 Å². The van der Waals surface area contributed by atoms with E-state index in [-0.39, 0.29) is 23.9 Å². The SMILES string of the molecule is CC(C)COC(=O)c1ccc(NC(=O)C2NCCc3c(C4=CCN(C(=O)OC(C)(C)C)CC4)cccc32)cc1. The summed E-state index contributed by atoms with van der Waals surface area (Å²) in [6, 6.07) is 12.3. The van der Waals surface area contributed by atoms with Crippen LogP contribution in [0.3, 0.4) is 0 Å². The van der Waals surface area contributed by atoms with E-state index in [0.717, 1.165) is 29.5 Å². The molecule has 4 rings (SSSR count). The standard InChI is InChI=1S/C31H39N3O5/c1-20(2)19-38-29(36)22-9-11-23(12-10-22)33-28(35)27-26-8-6-7-24(25(26)13-16-32-27)21-14-17-34(18-15-21)30(37)39-31(3,4)5/h6-12,14,20,27,32H,13,15-19H2,1-5H3,(H,33,35). The summed E-state index contributed by atoms with van der Waals surface area (Å²) >= 11 is 0. The third kappa shape index (κ3) is 7.26. The van der Waals surface area contributed by atoms with E-state index >= 15 is 0 Å². The maximum atomic E-state index is 13.3. The van der Waals surface area contributed by atoms with Gasteiger partial charge in [-0.3, -0.25) is 4.79 Å². The highest BCUT2D eigenvalue weighted by Gasteiger charge is 2.30. The van der Waals surface area contributed by atoms with Crippen LogP contribution in [0.15, 0.2) is 48.5 Å². The molecule has 0 aliphatic carbocycles. The molecule has 0 aromatic heterocycles. The molecule has 2 aromatic rings. The number of nitrogens with one attached hydrogen (secondary N) is 2. The fourth-order valence-electron chi connectivity index (χ4n) is 4.78. The minimum Gasteiger partial charge on any atom is -0.462 e. The van der Waals surface area contributed by atoms with Crippen LogP contribution in [0.2, 0.25) is 0 Å². The number of ether oxygens (including phenoxy) is 2. The molecule has 2 aliphatic rings. The Bertz CT molecular complexity index is 1240. The van der Waals surface area contributed by atoms with Crippen molar-refractivity contribution in [3.05, 3.63) is 70.8 Å². The van der Waals surface area contributed by atoms with Crippen molar-refractivity contribution in [3.8, 4) is 0 Å². The Morgan fingerprint density at radius 1 is 1.08 bits per heavy atom. The molecule has 2 aliphatic heterocycles. The van der Waals surface area contributed by atoms with Gasteiger partial charge in [-0.1, -0.05) is 38.1 Å². The van der Waals surface area contributed by atoms with Gasteiger partial charge in [0.05, 0.1) is 12.2 Å². The van der Waals surface area contributed by atoms with Gasteiger partial charge < -0.3 is 25.0 Å². The van der Waals surface area contributed by atoms with Crippen LogP contribution < -0.4 is 10.6 Å². The molecule has 0 radical (unpaired) electrons. The van der Waals surface area contributed by atoms with E-state index in [2.05, 4.69) is 22.8 Å². The molecule has 0 fully saturated rings. The molecule has 2 heterocycles. The zero-order valence-corrected chi connectivity index (χ0v) is 23.5. The number of amides is 2. The van der Waals surface area contributed by atoms with Crippen molar-refractivity contribution in [2.75, 3.05) is 31.6 Å². The van der Waals surface area contributed by atoms with Crippen molar-refractivity contribution in [2.45, 2.75) is 59.1 Å². The Labute approximate surface area is 230 Å². The summed E-state index contributed by atoms with van der Waals surface area (Å²) in [4.78, 5) is 39.7. The molecule has 2 N–H and O–H groups in total. The quantitative estimate of drug-likeness (QED) is 0.486. The number of hydrogen-bond donors (Lipinski definition) is 2. The van der Waals surface area contributed by atoms with Gasteiger partial charge in [-0.05, 0) is 86.1 Å². The van der Waals surface area contributed by atoms with Crippen LogP contribution in [0, 0.1) is 5.92 Å². The maximum Gasteiger partial charge on any atom is 0.410 e. The monoisotopic (exact) mass is 533 g/mol. The third-order valence-corrected chi connectivity index (χ3v) is 6.65. The van der Waals surface area contributed by atoms with Gasteiger partial charge in [-0.2, -0.15) is 0 Å². The average molecular weight is 534 g/mol. The van der Waals surface area contributed by atoms with Crippen LogP contribution >= 0.6 is 0 Å². The van der Waals surface area contributed by atoms with E-state index < -0.39 is 11.6 Å². The summed E-state index contributed by atoms with van der Waals surface area (Å²) in [6.07, 6.45) is 3.34. The van der Waals surface area contributed by atoms with Crippen molar-refractivity contribution in [3.63, 3.8) is 0 Å². The highest BCUT2D eigenvalue weighted by atomic mass is 16.6. The zero-order chi connectivity index (χ0) is 28.2. The number of fused-ring (bicyclic) bond motifs is 1. The minimum atomic E-state index is -0.524. The lowest BCUT2D eigenvalue weighted by Crippen LogP contribution is -2.39. The van der Waals surface area contributed by atoms with Crippen LogP contribution in [0.1, 0.15) is 74.1 Å². The number of anilines is 1. The topological polar surface area (TPSA) is 97.0 Å².